The summed E-state index contributed by atoms with van der Waals surface area (Å²) in [6, 6.07) is 3.05. The van der Waals surface area contributed by atoms with E-state index < -0.39 is 10.0 Å². The number of hydrogen-bond acceptors (Lipinski definition) is 3. The molecule has 2 aromatic rings. The Morgan fingerprint density at radius 1 is 1.45 bits per heavy atom. The van der Waals surface area contributed by atoms with Gasteiger partial charge in [-0.15, -0.1) is 11.6 Å². The third kappa shape index (κ3) is 3.28. The van der Waals surface area contributed by atoms with Gasteiger partial charge in [-0.3, -0.25) is 0 Å². The zero-order valence-corrected chi connectivity index (χ0v) is 12.7. The van der Waals surface area contributed by atoms with Crippen LogP contribution >= 0.6 is 11.6 Å². The first kappa shape index (κ1) is 15.2. The van der Waals surface area contributed by atoms with E-state index in [0.717, 1.165) is 11.8 Å². The van der Waals surface area contributed by atoms with E-state index in [1.165, 1.54) is 6.07 Å². The molecule has 5 nitrogen and oxygen atoms in total. The van der Waals surface area contributed by atoms with Crippen LogP contribution in [0, 0.1) is 12.7 Å². The normalized spacial score (nSPS) is 12.2. The van der Waals surface area contributed by atoms with Crippen LogP contribution in [0.2, 0.25) is 0 Å². The SMILES string of the molecule is Cc1cc2c(cc1F)nc(CCl)n2CCNS(C)(=O)=O. The minimum atomic E-state index is -3.24. The molecule has 110 valence electrons. The van der Waals surface area contributed by atoms with E-state index in [-0.39, 0.29) is 18.2 Å². The first-order valence-corrected chi connectivity index (χ1v) is 8.40. The van der Waals surface area contributed by atoms with Crippen LogP contribution in [-0.2, 0) is 22.4 Å². The summed E-state index contributed by atoms with van der Waals surface area (Å²) in [5.74, 6) is 0.438. The Morgan fingerprint density at radius 2 is 2.15 bits per heavy atom. The molecule has 0 unspecified atom stereocenters. The molecule has 0 amide bonds. The van der Waals surface area contributed by atoms with Crippen LogP contribution in [-0.4, -0.2) is 30.8 Å². The lowest BCUT2D eigenvalue weighted by molar-refractivity contribution is 0.578. The number of nitrogens with zero attached hydrogens (tertiary/aromatic N) is 2. The van der Waals surface area contributed by atoms with Crippen molar-refractivity contribution in [1.82, 2.24) is 14.3 Å². The van der Waals surface area contributed by atoms with Crippen LogP contribution < -0.4 is 4.72 Å². The zero-order chi connectivity index (χ0) is 14.9. The summed E-state index contributed by atoms with van der Waals surface area (Å²) in [4.78, 5) is 4.26. The number of imidazole rings is 1. The van der Waals surface area contributed by atoms with Crippen LogP contribution in [0.25, 0.3) is 11.0 Å². The van der Waals surface area contributed by atoms with Gasteiger partial charge >= 0.3 is 0 Å². The molecule has 1 aromatic heterocycles. The van der Waals surface area contributed by atoms with Gasteiger partial charge in [-0.25, -0.2) is 22.5 Å². The summed E-state index contributed by atoms with van der Waals surface area (Å²) >= 11 is 5.84. The largest absolute Gasteiger partial charge is 0.326 e. The van der Waals surface area contributed by atoms with E-state index >= 15 is 0 Å². The van der Waals surface area contributed by atoms with Crippen LogP contribution in [0.4, 0.5) is 4.39 Å². The second-order valence-electron chi connectivity index (χ2n) is 4.57. The van der Waals surface area contributed by atoms with Crippen molar-refractivity contribution < 1.29 is 12.8 Å². The summed E-state index contributed by atoms with van der Waals surface area (Å²) < 4.78 is 39.9. The van der Waals surface area contributed by atoms with Gasteiger partial charge in [-0.2, -0.15) is 0 Å². The molecule has 0 radical (unpaired) electrons. The maximum Gasteiger partial charge on any atom is 0.208 e. The molecule has 2 rings (SSSR count). The van der Waals surface area contributed by atoms with E-state index in [4.69, 9.17) is 11.6 Å². The van der Waals surface area contributed by atoms with Crippen LogP contribution in [0.3, 0.4) is 0 Å². The number of aromatic nitrogens is 2. The van der Waals surface area contributed by atoms with Gasteiger partial charge in [0.25, 0.3) is 0 Å². The van der Waals surface area contributed by atoms with E-state index in [9.17, 15) is 12.8 Å². The molecule has 0 fully saturated rings. The molecule has 0 aliphatic heterocycles. The molecule has 0 spiro atoms. The van der Waals surface area contributed by atoms with Crippen molar-refractivity contribution in [2.45, 2.75) is 19.3 Å². The third-order valence-corrected chi connectivity index (χ3v) is 3.89. The maximum atomic E-state index is 13.5. The monoisotopic (exact) mass is 319 g/mol. The Labute approximate surface area is 121 Å². The molecule has 1 heterocycles. The fourth-order valence-electron chi connectivity index (χ4n) is 1.99. The minimum Gasteiger partial charge on any atom is -0.326 e. The van der Waals surface area contributed by atoms with E-state index in [1.54, 1.807) is 17.6 Å². The number of sulfonamides is 1. The van der Waals surface area contributed by atoms with Crippen molar-refractivity contribution in [1.29, 1.82) is 0 Å². The Balaban J connectivity index is 2.37. The van der Waals surface area contributed by atoms with Crippen molar-refractivity contribution in [2.24, 2.45) is 0 Å². The average molecular weight is 320 g/mol. The lowest BCUT2D eigenvalue weighted by Crippen LogP contribution is -2.26. The van der Waals surface area contributed by atoms with Gasteiger partial charge in [0, 0.05) is 19.2 Å². The number of aryl methyl sites for hydroxylation is 1. The highest BCUT2D eigenvalue weighted by atomic mass is 35.5. The fourth-order valence-corrected chi connectivity index (χ4v) is 2.66. The van der Waals surface area contributed by atoms with Crippen molar-refractivity contribution in [3.05, 3.63) is 29.3 Å². The van der Waals surface area contributed by atoms with Crippen molar-refractivity contribution in [3.8, 4) is 0 Å². The van der Waals surface area contributed by atoms with Crippen molar-refractivity contribution in [2.75, 3.05) is 12.8 Å². The van der Waals surface area contributed by atoms with Crippen molar-refractivity contribution in [3.63, 3.8) is 0 Å². The number of benzene rings is 1. The first-order valence-electron chi connectivity index (χ1n) is 5.97. The Hall–Kier alpha value is -1.18. The van der Waals surface area contributed by atoms with Gasteiger partial charge in [0.05, 0.1) is 23.2 Å². The Kier molecular flexibility index (Phi) is 4.31. The van der Waals surface area contributed by atoms with Crippen molar-refractivity contribution >= 4 is 32.7 Å². The van der Waals surface area contributed by atoms with Gasteiger partial charge in [-0.05, 0) is 18.6 Å². The molecule has 0 atom stereocenters. The highest BCUT2D eigenvalue weighted by Gasteiger charge is 2.12. The predicted octanol–water partition coefficient (Wildman–Crippen LogP) is 1.77. The van der Waals surface area contributed by atoms with E-state index in [2.05, 4.69) is 9.71 Å². The molecular weight excluding hydrogens is 305 g/mol. The molecule has 8 heteroatoms. The lowest BCUT2D eigenvalue weighted by atomic mass is 10.2. The number of alkyl halides is 1. The minimum absolute atomic E-state index is 0.175. The number of hydrogen-bond donors (Lipinski definition) is 1. The molecule has 1 N–H and O–H groups in total. The van der Waals surface area contributed by atoms with E-state index in [1.807, 2.05) is 0 Å². The van der Waals surface area contributed by atoms with Crippen LogP contribution in [0.5, 0.6) is 0 Å². The lowest BCUT2D eigenvalue weighted by Gasteiger charge is -2.08. The van der Waals surface area contributed by atoms with Gasteiger partial charge in [0.2, 0.25) is 10.0 Å². The number of rotatable bonds is 5. The Morgan fingerprint density at radius 3 is 2.75 bits per heavy atom. The molecule has 20 heavy (non-hydrogen) atoms. The summed E-state index contributed by atoms with van der Waals surface area (Å²) in [5.41, 5.74) is 1.77. The van der Waals surface area contributed by atoms with Gasteiger partial charge in [-0.1, -0.05) is 0 Å². The quantitative estimate of drug-likeness (QED) is 0.854. The van der Waals surface area contributed by atoms with Crippen LogP contribution in [0.1, 0.15) is 11.4 Å². The molecule has 0 bridgehead atoms. The third-order valence-electron chi connectivity index (χ3n) is 2.93. The number of nitrogens with one attached hydrogen (secondary N) is 1. The molecule has 1 aromatic carbocycles. The maximum absolute atomic E-state index is 13.5. The summed E-state index contributed by atoms with van der Waals surface area (Å²) in [6.45, 7) is 2.28. The highest BCUT2D eigenvalue weighted by Crippen LogP contribution is 2.21. The second-order valence-corrected chi connectivity index (χ2v) is 6.67. The summed E-state index contributed by atoms with van der Waals surface area (Å²) in [5, 5.41) is 0. The first-order chi connectivity index (χ1) is 9.31. The number of halogens is 2. The standard InChI is InChI=1S/C12H15ClFN3O2S/c1-8-5-11-10(6-9(8)14)16-12(7-13)17(11)4-3-15-20(2,18)19/h5-6,15H,3-4,7H2,1-2H3. The highest BCUT2D eigenvalue weighted by molar-refractivity contribution is 7.88. The summed E-state index contributed by atoms with van der Waals surface area (Å²) in [7, 11) is -3.24. The molecule has 0 saturated heterocycles. The van der Waals surface area contributed by atoms with E-state index in [0.29, 0.717) is 23.4 Å². The van der Waals surface area contributed by atoms with Gasteiger partial charge in [0.15, 0.2) is 0 Å². The molecule has 0 aliphatic rings. The van der Waals surface area contributed by atoms with Crippen LogP contribution in [0.15, 0.2) is 12.1 Å². The average Bonchev–Trinajstić information content (AvgIpc) is 2.66. The molecule has 0 saturated carbocycles. The second kappa shape index (κ2) is 5.67. The van der Waals surface area contributed by atoms with Gasteiger partial charge in [0.1, 0.15) is 11.6 Å². The Bertz CT molecular complexity index is 743. The summed E-state index contributed by atoms with van der Waals surface area (Å²) in [6.07, 6.45) is 1.10. The smallest absolute Gasteiger partial charge is 0.208 e. The number of fused-ring (bicyclic) bond motifs is 1. The topological polar surface area (TPSA) is 64.0 Å². The van der Waals surface area contributed by atoms with Gasteiger partial charge < -0.3 is 4.57 Å². The molecular formula is C12H15ClFN3O2S. The predicted molar refractivity (Wildman–Crippen MR) is 76.8 cm³/mol. The fraction of sp³-hybridized carbons (Fsp3) is 0.417. The molecule has 0 aliphatic carbocycles. The zero-order valence-electron chi connectivity index (χ0n) is 11.2.